The lowest BCUT2D eigenvalue weighted by Crippen LogP contribution is -2.55. The van der Waals surface area contributed by atoms with Gasteiger partial charge in [-0.15, -0.1) is 0 Å². The fraction of sp³-hybridized carbons (Fsp3) is 0.471. The molecule has 6 heteroatoms. The van der Waals surface area contributed by atoms with Crippen molar-refractivity contribution in [2.75, 3.05) is 31.5 Å². The highest BCUT2D eigenvalue weighted by Crippen LogP contribution is 2.23. The molecule has 23 heavy (non-hydrogen) atoms. The van der Waals surface area contributed by atoms with Gasteiger partial charge in [0.2, 0.25) is 17.7 Å². The van der Waals surface area contributed by atoms with Crippen LogP contribution in [0.1, 0.15) is 20.8 Å². The number of amides is 3. The van der Waals surface area contributed by atoms with Gasteiger partial charge < -0.3 is 15.1 Å². The van der Waals surface area contributed by atoms with Gasteiger partial charge in [-0.25, -0.2) is 0 Å². The van der Waals surface area contributed by atoms with Crippen LogP contribution < -0.4 is 5.32 Å². The molecule has 0 saturated carbocycles. The van der Waals surface area contributed by atoms with Crippen LogP contribution in [0, 0.1) is 5.41 Å². The fourth-order valence-corrected chi connectivity index (χ4v) is 2.53. The minimum absolute atomic E-state index is 0.0122. The lowest BCUT2D eigenvalue weighted by atomic mass is 9.89. The molecule has 0 unspecified atom stereocenters. The smallest absolute Gasteiger partial charge is 0.239 e. The maximum absolute atomic E-state index is 12.7. The number of anilines is 1. The van der Waals surface area contributed by atoms with Crippen LogP contribution in [0.3, 0.4) is 0 Å². The van der Waals surface area contributed by atoms with Gasteiger partial charge in [0.25, 0.3) is 0 Å². The van der Waals surface area contributed by atoms with Crippen LogP contribution in [0.15, 0.2) is 30.3 Å². The number of carbonyl (C=O) groups is 3. The molecule has 124 valence electrons. The summed E-state index contributed by atoms with van der Waals surface area (Å²) >= 11 is 0. The van der Waals surface area contributed by atoms with Crippen molar-refractivity contribution in [1.29, 1.82) is 0 Å². The summed E-state index contributed by atoms with van der Waals surface area (Å²) in [7, 11) is 0. The molecule has 1 aromatic rings. The van der Waals surface area contributed by atoms with Gasteiger partial charge in [-0.05, 0) is 26.0 Å². The number of carbonyl (C=O) groups excluding carboxylic acids is 3. The van der Waals surface area contributed by atoms with E-state index < -0.39 is 5.41 Å². The Kier molecular flexibility index (Phi) is 5.03. The molecule has 1 N–H and O–H groups in total. The third-order valence-corrected chi connectivity index (χ3v) is 4.15. The Morgan fingerprint density at radius 1 is 0.957 bits per heavy atom. The first kappa shape index (κ1) is 17.0. The first-order chi connectivity index (χ1) is 10.8. The predicted molar refractivity (Wildman–Crippen MR) is 87.7 cm³/mol. The standard InChI is InChI=1S/C17H23N3O3/c1-13(21)19-9-11-20(12-10-19)16(23)17(2,3)15(22)18-14-7-5-4-6-8-14/h4-8H,9-12H2,1-3H3,(H,18,22). The highest BCUT2D eigenvalue weighted by molar-refractivity contribution is 6.09. The van der Waals surface area contributed by atoms with Crippen LogP contribution in [0.4, 0.5) is 5.69 Å². The molecule has 1 fully saturated rings. The normalized spacial score (nSPS) is 15.3. The van der Waals surface area contributed by atoms with E-state index in [1.54, 1.807) is 35.8 Å². The zero-order valence-corrected chi connectivity index (χ0v) is 13.8. The molecule has 2 rings (SSSR count). The van der Waals surface area contributed by atoms with Crippen LogP contribution in [0.2, 0.25) is 0 Å². The second kappa shape index (κ2) is 6.81. The van der Waals surface area contributed by atoms with Gasteiger partial charge in [0.05, 0.1) is 0 Å². The van der Waals surface area contributed by atoms with Gasteiger partial charge >= 0.3 is 0 Å². The third-order valence-electron chi connectivity index (χ3n) is 4.15. The van der Waals surface area contributed by atoms with Gasteiger partial charge in [0.15, 0.2) is 0 Å². The lowest BCUT2D eigenvalue weighted by molar-refractivity contribution is -0.149. The summed E-state index contributed by atoms with van der Waals surface area (Å²) < 4.78 is 0. The van der Waals surface area contributed by atoms with Crippen molar-refractivity contribution >= 4 is 23.4 Å². The zero-order valence-electron chi connectivity index (χ0n) is 13.8. The molecule has 1 aliphatic rings. The molecule has 0 radical (unpaired) electrons. The number of hydrogen-bond acceptors (Lipinski definition) is 3. The molecule has 6 nitrogen and oxygen atoms in total. The summed E-state index contributed by atoms with van der Waals surface area (Å²) in [5.74, 6) is -0.532. The zero-order chi connectivity index (χ0) is 17.0. The minimum Gasteiger partial charge on any atom is -0.339 e. The Bertz CT molecular complexity index is 590. The van der Waals surface area contributed by atoms with Gasteiger partial charge in [0.1, 0.15) is 5.41 Å². The number of piperazine rings is 1. The summed E-state index contributed by atoms with van der Waals surface area (Å²) in [6.45, 7) is 6.72. The quantitative estimate of drug-likeness (QED) is 0.855. The average molecular weight is 317 g/mol. The van der Waals surface area contributed by atoms with E-state index in [4.69, 9.17) is 0 Å². The van der Waals surface area contributed by atoms with Crippen LogP contribution in [-0.2, 0) is 14.4 Å². The van der Waals surface area contributed by atoms with Crippen molar-refractivity contribution in [3.8, 4) is 0 Å². The number of nitrogens with zero attached hydrogens (tertiary/aromatic N) is 2. The first-order valence-electron chi connectivity index (χ1n) is 7.74. The maximum Gasteiger partial charge on any atom is 0.239 e. The molecule has 1 aliphatic heterocycles. The van der Waals surface area contributed by atoms with Crippen molar-refractivity contribution in [2.45, 2.75) is 20.8 Å². The minimum atomic E-state index is -1.16. The lowest BCUT2D eigenvalue weighted by Gasteiger charge is -2.37. The van der Waals surface area contributed by atoms with Gasteiger partial charge in [-0.1, -0.05) is 18.2 Å². The molecule has 0 spiro atoms. The van der Waals surface area contributed by atoms with E-state index in [9.17, 15) is 14.4 Å². The van der Waals surface area contributed by atoms with Gasteiger partial charge in [0, 0.05) is 38.8 Å². The topological polar surface area (TPSA) is 69.7 Å². The molecule has 3 amide bonds. The Hall–Kier alpha value is -2.37. The van der Waals surface area contributed by atoms with E-state index in [-0.39, 0.29) is 17.7 Å². The number of hydrogen-bond donors (Lipinski definition) is 1. The van der Waals surface area contributed by atoms with Gasteiger partial charge in [-0.2, -0.15) is 0 Å². The predicted octanol–water partition coefficient (Wildman–Crippen LogP) is 1.34. The van der Waals surface area contributed by atoms with E-state index >= 15 is 0 Å². The van der Waals surface area contributed by atoms with E-state index in [2.05, 4.69) is 5.32 Å². The summed E-state index contributed by atoms with van der Waals surface area (Å²) in [5.41, 5.74) is -0.492. The SMILES string of the molecule is CC(=O)N1CCN(C(=O)C(C)(C)C(=O)Nc2ccccc2)CC1. The maximum atomic E-state index is 12.7. The van der Waals surface area contributed by atoms with Crippen LogP contribution >= 0.6 is 0 Å². The van der Waals surface area contributed by atoms with E-state index in [0.717, 1.165) is 0 Å². The number of nitrogens with one attached hydrogen (secondary N) is 1. The van der Waals surface area contributed by atoms with Crippen molar-refractivity contribution in [1.82, 2.24) is 9.80 Å². The summed E-state index contributed by atoms with van der Waals surface area (Å²) in [6, 6.07) is 9.07. The molecule has 0 bridgehead atoms. The highest BCUT2D eigenvalue weighted by atomic mass is 16.2. The Morgan fingerprint density at radius 3 is 2.00 bits per heavy atom. The summed E-state index contributed by atoms with van der Waals surface area (Å²) in [6.07, 6.45) is 0. The number of para-hydroxylation sites is 1. The van der Waals surface area contributed by atoms with Crippen molar-refractivity contribution < 1.29 is 14.4 Å². The average Bonchev–Trinajstić information content (AvgIpc) is 2.55. The second-order valence-electron chi connectivity index (χ2n) is 6.24. The van der Waals surface area contributed by atoms with Crippen LogP contribution in [-0.4, -0.2) is 53.7 Å². The molecule has 1 saturated heterocycles. The summed E-state index contributed by atoms with van der Waals surface area (Å²) in [4.78, 5) is 39.9. The molecule has 1 heterocycles. The summed E-state index contributed by atoms with van der Waals surface area (Å²) in [5, 5.41) is 2.78. The largest absolute Gasteiger partial charge is 0.339 e. The van der Waals surface area contributed by atoms with Crippen LogP contribution in [0.5, 0.6) is 0 Å². The van der Waals surface area contributed by atoms with Crippen molar-refractivity contribution in [3.05, 3.63) is 30.3 Å². The molecular weight excluding hydrogens is 294 g/mol. The Balaban J connectivity index is 2.00. The molecule has 0 atom stereocenters. The highest BCUT2D eigenvalue weighted by Gasteiger charge is 2.40. The number of rotatable bonds is 3. The van der Waals surface area contributed by atoms with Gasteiger partial charge in [-0.3, -0.25) is 14.4 Å². The Morgan fingerprint density at radius 2 is 1.48 bits per heavy atom. The van der Waals surface area contributed by atoms with Crippen molar-refractivity contribution in [3.63, 3.8) is 0 Å². The fourth-order valence-electron chi connectivity index (χ4n) is 2.53. The number of benzene rings is 1. The second-order valence-corrected chi connectivity index (χ2v) is 6.24. The molecule has 0 aliphatic carbocycles. The monoisotopic (exact) mass is 317 g/mol. The molecular formula is C17H23N3O3. The molecule has 0 aromatic heterocycles. The van der Waals surface area contributed by atoms with E-state index in [0.29, 0.717) is 31.9 Å². The molecule has 1 aromatic carbocycles. The van der Waals surface area contributed by atoms with E-state index in [1.165, 1.54) is 6.92 Å². The van der Waals surface area contributed by atoms with Crippen LogP contribution in [0.25, 0.3) is 0 Å². The third kappa shape index (κ3) is 3.88. The van der Waals surface area contributed by atoms with Crippen molar-refractivity contribution in [2.24, 2.45) is 5.41 Å². The first-order valence-corrected chi connectivity index (χ1v) is 7.74. The Labute approximate surface area is 136 Å². The van der Waals surface area contributed by atoms with E-state index in [1.807, 2.05) is 18.2 Å².